The van der Waals surface area contributed by atoms with Crippen molar-refractivity contribution in [1.29, 1.82) is 0 Å². The second-order valence-corrected chi connectivity index (χ2v) is 6.73. The molecule has 0 spiro atoms. The van der Waals surface area contributed by atoms with Gasteiger partial charge in [-0.05, 0) is 58.4 Å². The summed E-state index contributed by atoms with van der Waals surface area (Å²) in [5, 5.41) is 0. The Balaban J connectivity index is 2.06. The van der Waals surface area contributed by atoms with Gasteiger partial charge in [0.15, 0.2) is 0 Å². The average molecular weight is 254 g/mol. The Morgan fingerprint density at radius 2 is 2.11 bits per heavy atom. The summed E-state index contributed by atoms with van der Waals surface area (Å²) in [4.78, 5) is 14.2. The van der Waals surface area contributed by atoms with Crippen LogP contribution in [0.4, 0.5) is 4.79 Å². The van der Waals surface area contributed by atoms with Crippen molar-refractivity contribution < 1.29 is 9.53 Å². The molecule has 3 atom stereocenters. The van der Waals surface area contributed by atoms with Gasteiger partial charge in [0.05, 0.1) is 0 Å². The Labute approximate surface area is 110 Å². The number of nitrogens with two attached hydrogens (primary N) is 1. The van der Waals surface area contributed by atoms with Crippen LogP contribution in [0.1, 0.15) is 46.5 Å². The van der Waals surface area contributed by atoms with Gasteiger partial charge in [-0.3, -0.25) is 0 Å². The zero-order chi connectivity index (χ0) is 13.3. The number of hydrogen-bond donors (Lipinski definition) is 1. The van der Waals surface area contributed by atoms with E-state index in [0.717, 1.165) is 13.0 Å². The van der Waals surface area contributed by atoms with Gasteiger partial charge < -0.3 is 15.4 Å². The first-order valence-corrected chi connectivity index (χ1v) is 7.10. The summed E-state index contributed by atoms with van der Waals surface area (Å²) in [6, 6.07) is 0.391. The molecule has 1 aliphatic carbocycles. The van der Waals surface area contributed by atoms with Crippen molar-refractivity contribution in [2.24, 2.45) is 17.6 Å². The Kier molecular flexibility index (Phi) is 3.85. The quantitative estimate of drug-likeness (QED) is 0.781. The fraction of sp³-hybridized carbons (Fsp3) is 0.929. The monoisotopic (exact) mass is 254 g/mol. The highest BCUT2D eigenvalue weighted by atomic mass is 16.6. The Hall–Kier alpha value is -0.770. The lowest BCUT2D eigenvalue weighted by molar-refractivity contribution is -0.00396. The van der Waals surface area contributed by atoms with E-state index in [1.54, 1.807) is 0 Å². The van der Waals surface area contributed by atoms with E-state index < -0.39 is 5.60 Å². The predicted octanol–water partition coefficient (Wildman–Crippen LogP) is 2.37. The van der Waals surface area contributed by atoms with E-state index in [9.17, 15) is 4.79 Å². The molecule has 2 N–H and O–H groups in total. The highest BCUT2D eigenvalue weighted by Gasteiger charge is 2.41. The molecule has 0 aromatic heterocycles. The van der Waals surface area contributed by atoms with E-state index >= 15 is 0 Å². The molecule has 4 nitrogen and oxygen atoms in total. The summed E-state index contributed by atoms with van der Waals surface area (Å²) in [5.74, 6) is 1.08. The maximum Gasteiger partial charge on any atom is 0.410 e. The lowest BCUT2D eigenvalue weighted by atomic mass is 9.85. The molecule has 1 saturated heterocycles. The minimum Gasteiger partial charge on any atom is -0.444 e. The third-order valence-electron chi connectivity index (χ3n) is 4.07. The van der Waals surface area contributed by atoms with Crippen LogP contribution >= 0.6 is 0 Å². The van der Waals surface area contributed by atoms with Gasteiger partial charge in [0, 0.05) is 12.6 Å². The predicted molar refractivity (Wildman–Crippen MR) is 71.2 cm³/mol. The van der Waals surface area contributed by atoms with Crippen molar-refractivity contribution in [3.8, 4) is 0 Å². The summed E-state index contributed by atoms with van der Waals surface area (Å²) in [5.41, 5.74) is 5.38. The van der Waals surface area contributed by atoms with Gasteiger partial charge in [0.2, 0.25) is 0 Å². The molecule has 4 heteroatoms. The van der Waals surface area contributed by atoms with Gasteiger partial charge in [-0.25, -0.2) is 4.79 Å². The zero-order valence-corrected chi connectivity index (χ0v) is 11.8. The smallest absolute Gasteiger partial charge is 0.410 e. The van der Waals surface area contributed by atoms with E-state index in [1.807, 2.05) is 25.7 Å². The number of carbonyl (C=O) groups excluding carboxylic acids is 1. The first-order chi connectivity index (χ1) is 8.40. The van der Waals surface area contributed by atoms with E-state index in [-0.39, 0.29) is 6.09 Å². The second kappa shape index (κ2) is 5.08. The standard InChI is InChI=1S/C14H26N2O2/c1-14(2,3)18-13(17)16-9-10(8-15)7-11-5-4-6-12(11)16/h10-12H,4-9,15H2,1-3H3. The average Bonchev–Trinajstić information content (AvgIpc) is 2.72. The van der Waals surface area contributed by atoms with Gasteiger partial charge >= 0.3 is 6.09 Å². The van der Waals surface area contributed by atoms with Crippen molar-refractivity contribution in [3.63, 3.8) is 0 Å². The van der Waals surface area contributed by atoms with Crippen LogP contribution in [-0.2, 0) is 4.74 Å². The normalized spacial score (nSPS) is 32.2. The number of carbonyl (C=O) groups is 1. The van der Waals surface area contributed by atoms with Gasteiger partial charge in [-0.1, -0.05) is 6.42 Å². The largest absolute Gasteiger partial charge is 0.444 e. The lowest BCUT2D eigenvalue weighted by Gasteiger charge is -2.41. The van der Waals surface area contributed by atoms with Crippen LogP contribution in [0.3, 0.4) is 0 Å². The summed E-state index contributed by atoms with van der Waals surface area (Å²) in [6.07, 6.45) is 4.62. The molecular weight excluding hydrogens is 228 g/mol. The van der Waals surface area contributed by atoms with Crippen molar-refractivity contribution >= 4 is 6.09 Å². The molecule has 1 saturated carbocycles. The summed E-state index contributed by atoms with van der Waals surface area (Å²) >= 11 is 0. The topological polar surface area (TPSA) is 55.6 Å². The van der Waals surface area contributed by atoms with Crippen LogP contribution in [0.2, 0.25) is 0 Å². The molecule has 1 amide bonds. The lowest BCUT2D eigenvalue weighted by Crippen LogP contribution is -2.52. The molecule has 2 rings (SSSR count). The highest BCUT2D eigenvalue weighted by molar-refractivity contribution is 5.69. The maximum atomic E-state index is 12.3. The molecule has 2 aliphatic rings. The molecule has 3 unspecified atom stereocenters. The van der Waals surface area contributed by atoms with Crippen LogP contribution in [0.15, 0.2) is 0 Å². The fourth-order valence-corrected chi connectivity index (χ4v) is 3.32. The summed E-state index contributed by atoms with van der Waals surface area (Å²) in [7, 11) is 0. The number of fused-ring (bicyclic) bond motifs is 1. The fourth-order valence-electron chi connectivity index (χ4n) is 3.32. The highest BCUT2D eigenvalue weighted by Crippen LogP contribution is 2.39. The molecule has 0 aromatic rings. The molecular formula is C14H26N2O2. The molecule has 2 fully saturated rings. The third kappa shape index (κ3) is 2.97. The zero-order valence-electron chi connectivity index (χ0n) is 11.8. The van der Waals surface area contributed by atoms with E-state index in [1.165, 1.54) is 19.3 Å². The summed E-state index contributed by atoms with van der Waals surface area (Å²) < 4.78 is 5.52. The van der Waals surface area contributed by atoms with Crippen molar-refractivity contribution in [3.05, 3.63) is 0 Å². The van der Waals surface area contributed by atoms with E-state index in [0.29, 0.717) is 24.4 Å². The van der Waals surface area contributed by atoms with Crippen LogP contribution in [0.25, 0.3) is 0 Å². The van der Waals surface area contributed by atoms with Crippen LogP contribution in [0.5, 0.6) is 0 Å². The van der Waals surface area contributed by atoms with Crippen LogP contribution < -0.4 is 5.73 Å². The van der Waals surface area contributed by atoms with E-state index in [2.05, 4.69) is 0 Å². The number of hydrogen-bond acceptors (Lipinski definition) is 3. The second-order valence-electron chi connectivity index (χ2n) is 6.73. The Morgan fingerprint density at radius 3 is 2.72 bits per heavy atom. The number of ether oxygens (including phenoxy) is 1. The minimum absolute atomic E-state index is 0.155. The molecule has 1 aliphatic heterocycles. The number of amides is 1. The molecule has 0 radical (unpaired) electrons. The van der Waals surface area contributed by atoms with E-state index in [4.69, 9.17) is 10.5 Å². The van der Waals surface area contributed by atoms with Gasteiger partial charge in [-0.2, -0.15) is 0 Å². The van der Waals surface area contributed by atoms with Crippen molar-refractivity contribution in [2.45, 2.75) is 58.1 Å². The minimum atomic E-state index is -0.416. The van der Waals surface area contributed by atoms with Crippen LogP contribution in [-0.4, -0.2) is 35.7 Å². The first-order valence-electron chi connectivity index (χ1n) is 7.10. The Bertz CT molecular complexity index is 311. The Morgan fingerprint density at radius 1 is 1.39 bits per heavy atom. The van der Waals surface area contributed by atoms with Gasteiger partial charge in [0.25, 0.3) is 0 Å². The van der Waals surface area contributed by atoms with Gasteiger partial charge in [0.1, 0.15) is 5.60 Å². The molecule has 1 heterocycles. The number of rotatable bonds is 1. The maximum absolute atomic E-state index is 12.3. The van der Waals surface area contributed by atoms with Gasteiger partial charge in [-0.15, -0.1) is 0 Å². The molecule has 104 valence electrons. The van der Waals surface area contributed by atoms with Crippen molar-refractivity contribution in [1.82, 2.24) is 4.90 Å². The van der Waals surface area contributed by atoms with Crippen molar-refractivity contribution in [2.75, 3.05) is 13.1 Å². The molecule has 0 aromatic carbocycles. The summed E-state index contributed by atoms with van der Waals surface area (Å²) in [6.45, 7) is 7.19. The third-order valence-corrected chi connectivity index (χ3v) is 4.07. The molecule has 18 heavy (non-hydrogen) atoms. The number of piperidine rings is 1. The number of nitrogens with zero attached hydrogens (tertiary/aromatic N) is 1. The first kappa shape index (κ1) is 13.7. The SMILES string of the molecule is CC(C)(C)OC(=O)N1CC(CN)CC2CCCC21. The number of likely N-dealkylation sites (tertiary alicyclic amines) is 1. The molecule has 0 bridgehead atoms. The van der Waals surface area contributed by atoms with Crippen LogP contribution in [0, 0.1) is 11.8 Å².